The second kappa shape index (κ2) is 6.23. The molecule has 7 heteroatoms. The van der Waals surface area contributed by atoms with E-state index in [0.29, 0.717) is 24.6 Å². The fourth-order valence-corrected chi connectivity index (χ4v) is 3.81. The number of benzene rings is 2. The predicted molar refractivity (Wildman–Crippen MR) is 107 cm³/mol. The zero-order valence-electron chi connectivity index (χ0n) is 15.0. The Kier molecular flexibility index (Phi) is 3.68. The van der Waals surface area contributed by atoms with Gasteiger partial charge in [0.15, 0.2) is 5.95 Å². The van der Waals surface area contributed by atoms with Crippen LogP contribution in [0.2, 0.25) is 0 Å². The van der Waals surface area contributed by atoms with Crippen LogP contribution in [0.1, 0.15) is 22.3 Å². The molecule has 0 atom stereocenters. The maximum atomic E-state index is 13.4. The van der Waals surface area contributed by atoms with E-state index in [-0.39, 0.29) is 11.7 Å². The number of halogens is 1. The van der Waals surface area contributed by atoms with Crippen molar-refractivity contribution >= 4 is 39.4 Å². The molecule has 1 aliphatic rings. The molecule has 0 spiro atoms. The normalized spacial score (nSPS) is 14.6. The molecule has 1 amide bonds. The smallest absolute Gasteiger partial charge is 0.254 e. The van der Waals surface area contributed by atoms with E-state index in [4.69, 9.17) is 5.73 Å². The Bertz CT molecular complexity index is 1250. The zero-order chi connectivity index (χ0) is 19.3. The number of carbonyl (C=O) groups is 1. The highest BCUT2D eigenvalue weighted by molar-refractivity contribution is 5.98. The van der Waals surface area contributed by atoms with Gasteiger partial charge in [-0.3, -0.25) is 4.79 Å². The molecule has 140 valence electrons. The number of nitrogens with zero attached hydrogens (tertiary/aromatic N) is 2. The van der Waals surface area contributed by atoms with Crippen molar-refractivity contribution in [3.8, 4) is 0 Å². The van der Waals surface area contributed by atoms with Crippen molar-refractivity contribution in [2.24, 2.45) is 0 Å². The molecule has 1 aliphatic heterocycles. The highest BCUT2D eigenvalue weighted by Crippen LogP contribution is 2.30. The van der Waals surface area contributed by atoms with Crippen molar-refractivity contribution in [2.75, 3.05) is 18.8 Å². The largest absolute Gasteiger partial charge is 0.369 e. The lowest BCUT2D eigenvalue weighted by Crippen LogP contribution is -2.34. The molecule has 3 heterocycles. The average molecular weight is 375 g/mol. The van der Waals surface area contributed by atoms with Crippen LogP contribution in [0, 0.1) is 5.82 Å². The van der Waals surface area contributed by atoms with Crippen molar-refractivity contribution in [3.05, 3.63) is 65.6 Å². The van der Waals surface area contributed by atoms with Crippen LogP contribution in [0.5, 0.6) is 0 Å². The number of aromatic amines is 2. The van der Waals surface area contributed by atoms with Gasteiger partial charge in [0, 0.05) is 41.3 Å². The maximum absolute atomic E-state index is 13.4. The van der Waals surface area contributed by atoms with Crippen LogP contribution in [0.3, 0.4) is 0 Å². The molecule has 0 unspecified atom stereocenters. The maximum Gasteiger partial charge on any atom is 0.254 e. The fourth-order valence-electron chi connectivity index (χ4n) is 3.81. The summed E-state index contributed by atoms with van der Waals surface area (Å²) in [4.78, 5) is 24.9. The third-order valence-corrected chi connectivity index (χ3v) is 5.23. The standard InChI is InChI=1S/C21H18FN5O/c22-14-2-3-15-16(11-24-18(15)10-14)12-5-7-27(8-6-12)20(28)13-1-4-17-19(9-13)26-21(23)25-17/h1-5,9-11,24H,6-8H2,(H3,23,25,26). The molecule has 28 heavy (non-hydrogen) atoms. The van der Waals surface area contributed by atoms with Gasteiger partial charge < -0.3 is 20.6 Å². The Morgan fingerprint density at radius 3 is 2.89 bits per heavy atom. The third-order valence-electron chi connectivity index (χ3n) is 5.23. The van der Waals surface area contributed by atoms with Gasteiger partial charge in [0.1, 0.15) is 5.82 Å². The lowest BCUT2D eigenvalue weighted by molar-refractivity contribution is 0.0773. The van der Waals surface area contributed by atoms with Crippen LogP contribution in [-0.4, -0.2) is 38.8 Å². The summed E-state index contributed by atoms with van der Waals surface area (Å²) in [7, 11) is 0. The van der Waals surface area contributed by atoms with E-state index in [2.05, 4.69) is 21.0 Å². The quantitative estimate of drug-likeness (QED) is 0.499. The third kappa shape index (κ3) is 2.72. The highest BCUT2D eigenvalue weighted by Gasteiger charge is 2.21. The lowest BCUT2D eigenvalue weighted by Gasteiger charge is -2.26. The Morgan fingerprint density at radius 1 is 1.18 bits per heavy atom. The number of carbonyl (C=O) groups excluding carboxylic acids is 1. The van der Waals surface area contributed by atoms with Gasteiger partial charge in [-0.1, -0.05) is 6.08 Å². The number of rotatable bonds is 2. The Balaban J connectivity index is 1.38. The number of imidazole rings is 1. The number of H-pyrrole nitrogens is 2. The minimum absolute atomic E-state index is 0.0219. The first-order chi connectivity index (χ1) is 13.6. The fraction of sp³-hybridized carbons (Fsp3) is 0.143. The van der Waals surface area contributed by atoms with Crippen molar-refractivity contribution in [2.45, 2.75) is 6.42 Å². The topological polar surface area (TPSA) is 90.8 Å². The summed E-state index contributed by atoms with van der Waals surface area (Å²) in [6.07, 6.45) is 4.72. The summed E-state index contributed by atoms with van der Waals surface area (Å²) in [6, 6.07) is 10.1. The Labute approximate surface area is 159 Å². The van der Waals surface area contributed by atoms with Crippen molar-refractivity contribution in [1.82, 2.24) is 19.9 Å². The van der Waals surface area contributed by atoms with Crippen LogP contribution in [-0.2, 0) is 0 Å². The molecule has 2 aromatic heterocycles. The molecule has 2 aromatic carbocycles. The summed E-state index contributed by atoms with van der Waals surface area (Å²) in [5.74, 6) is 0.0569. The van der Waals surface area contributed by atoms with Crippen LogP contribution < -0.4 is 5.73 Å². The van der Waals surface area contributed by atoms with E-state index >= 15 is 0 Å². The molecular formula is C21H18FN5O. The Hall–Kier alpha value is -3.61. The minimum atomic E-state index is -0.258. The highest BCUT2D eigenvalue weighted by atomic mass is 19.1. The summed E-state index contributed by atoms with van der Waals surface area (Å²) in [5, 5.41) is 0.995. The molecule has 0 fully saturated rings. The number of fused-ring (bicyclic) bond motifs is 2. The van der Waals surface area contributed by atoms with Crippen LogP contribution in [0.25, 0.3) is 27.5 Å². The molecule has 6 nitrogen and oxygen atoms in total. The van der Waals surface area contributed by atoms with Gasteiger partial charge in [0.25, 0.3) is 5.91 Å². The van der Waals surface area contributed by atoms with Crippen LogP contribution >= 0.6 is 0 Å². The predicted octanol–water partition coefficient (Wildman–Crippen LogP) is 3.70. The van der Waals surface area contributed by atoms with Crippen LogP contribution in [0.4, 0.5) is 10.3 Å². The van der Waals surface area contributed by atoms with E-state index in [1.54, 1.807) is 24.3 Å². The van der Waals surface area contributed by atoms with E-state index < -0.39 is 0 Å². The molecule has 0 radical (unpaired) electrons. The summed E-state index contributed by atoms with van der Waals surface area (Å²) in [6.45, 7) is 1.16. The molecule has 0 aliphatic carbocycles. The van der Waals surface area contributed by atoms with E-state index in [1.165, 1.54) is 17.7 Å². The molecule has 0 bridgehead atoms. The molecule has 4 aromatic rings. The van der Waals surface area contributed by atoms with Crippen molar-refractivity contribution in [1.29, 1.82) is 0 Å². The van der Waals surface area contributed by atoms with Gasteiger partial charge in [-0.2, -0.15) is 0 Å². The summed E-state index contributed by atoms with van der Waals surface area (Å²) < 4.78 is 13.4. The molecule has 0 saturated carbocycles. The number of aromatic nitrogens is 3. The number of nitrogen functional groups attached to an aromatic ring is 1. The number of nitrogens with two attached hydrogens (primary N) is 1. The number of anilines is 1. The van der Waals surface area contributed by atoms with Crippen LogP contribution in [0.15, 0.2) is 48.7 Å². The number of amides is 1. The van der Waals surface area contributed by atoms with Gasteiger partial charge in [-0.05, 0) is 48.4 Å². The molecular weight excluding hydrogens is 357 g/mol. The first kappa shape index (κ1) is 16.6. The van der Waals surface area contributed by atoms with Crippen molar-refractivity contribution in [3.63, 3.8) is 0 Å². The van der Waals surface area contributed by atoms with Gasteiger partial charge in [0.2, 0.25) is 0 Å². The van der Waals surface area contributed by atoms with Gasteiger partial charge in [0.05, 0.1) is 11.0 Å². The lowest BCUT2D eigenvalue weighted by atomic mass is 9.98. The molecule has 4 N–H and O–H groups in total. The SMILES string of the molecule is Nc1nc2ccc(C(=O)N3CC=C(c4c[nH]c5cc(F)ccc45)CC3)cc2[nH]1. The zero-order valence-corrected chi connectivity index (χ0v) is 15.0. The summed E-state index contributed by atoms with van der Waals surface area (Å²) in [5.41, 5.74) is 10.8. The van der Waals surface area contributed by atoms with E-state index in [1.807, 2.05) is 11.1 Å². The van der Waals surface area contributed by atoms with E-state index in [0.717, 1.165) is 33.9 Å². The monoisotopic (exact) mass is 375 g/mol. The molecule has 5 rings (SSSR count). The van der Waals surface area contributed by atoms with Crippen molar-refractivity contribution < 1.29 is 9.18 Å². The molecule has 0 saturated heterocycles. The number of hydrogen-bond donors (Lipinski definition) is 3. The Morgan fingerprint density at radius 2 is 2.07 bits per heavy atom. The minimum Gasteiger partial charge on any atom is -0.369 e. The summed E-state index contributed by atoms with van der Waals surface area (Å²) >= 11 is 0. The first-order valence-corrected chi connectivity index (χ1v) is 9.09. The van der Waals surface area contributed by atoms with Gasteiger partial charge >= 0.3 is 0 Å². The second-order valence-electron chi connectivity index (χ2n) is 6.98. The number of nitrogens with one attached hydrogen (secondary N) is 2. The van der Waals surface area contributed by atoms with Gasteiger partial charge in [-0.25, -0.2) is 9.37 Å². The second-order valence-corrected chi connectivity index (χ2v) is 6.98. The average Bonchev–Trinajstić information content (AvgIpc) is 3.28. The number of hydrogen-bond acceptors (Lipinski definition) is 3. The first-order valence-electron chi connectivity index (χ1n) is 9.09. The van der Waals surface area contributed by atoms with Gasteiger partial charge in [-0.15, -0.1) is 0 Å². The van der Waals surface area contributed by atoms with E-state index in [9.17, 15) is 9.18 Å².